The Balaban J connectivity index is 1.78. The van der Waals surface area contributed by atoms with Crippen molar-refractivity contribution in [3.05, 3.63) is 63.5 Å². The minimum absolute atomic E-state index is 0.167. The summed E-state index contributed by atoms with van der Waals surface area (Å²) in [6, 6.07) is 11.4. The van der Waals surface area contributed by atoms with Crippen molar-refractivity contribution < 1.29 is 23.8 Å². The highest BCUT2D eigenvalue weighted by atomic mass is 35.5. The molecule has 9 heteroatoms. The lowest BCUT2D eigenvalue weighted by molar-refractivity contribution is -0.122. The van der Waals surface area contributed by atoms with Crippen LogP contribution in [0.15, 0.2) is 47.4 Å². The second-order valence-electron chi connectivity index (χ2n) is 6.13. The molecule has 0 atom stereocenters. The second kappa shape index (κ2) is 10.1. The summed E-state index contributed by atoms with van der Waals surface area (Å²) in [6.07, 6.45) is 1.72. The van der Waals surface area contributed by atoms with E-state index in [0.29, 0.717) is 44.3 Å². The van der Waals surface area contributed by atoms with Crippen molar-refractivity contribution >= 4 is 57.9 Å². The van der Waals surface area contributed by atoms with E-state index < -0.39 is 5.97 Å². The Labute approximate surface area is 188 Å². The normalized spacial score (nSPS) is 15.0. The number of thiocarbonyl (C=S) groups is 1. The molecular formula is C21H18ClNO5S2. The van der Waals surface area contributed by atoms with Gasteiger partial charge in [-0.15, -0.1) is 0 Å². The van der Waals surface area contributed by atoms with Crippen molar-refractivity contribution in [3.63, 3.8) is 0 Å². The number of thioether (sulfide) groups is 1. The number of methoxy groups -OCH3 is 2. The second-order valence-corrected chi connectivity index (χ2v) is 8.25. The molecule has 6 nitrogen and oxygen atoms in total. The quantitative estimate of drug-likeness (QED) is 0.261. The minimum atomic E-state index is -0.531. The standard InChI is InChI=1S/C21H18ClNO5S2/c1-26-10-9-23-19(24)18(30-21(23)29)12-13-3-8-16(17(11-13)27-2)28-20(25)14-4-6-15(22)7-5-14/h3-8,11-12H,9-10H2,1-2H3. The molecule has 1 aliphatic heterocycles. The fourth-order valence-electron chi connectivity index (χ4n) is 2.63. The topological polar surface area (TPSA) is 65.1 Å². The number of benzene rings is 2. The summed E-state index contributed by atoms with van der Waals surface area (Å²) in [6.45, 7) is 0.808. The first-order valence-corrected chi connectivity index (χ1v) is 10.4. The Morgan fingerprint density at radius 2 is 1.90 bits per heavy atom. The molecule has 0 spiro atoms. The first-order valence-electron chi connectivity index (χ1n) is 8.83. The summed E-state index contributed by atoms with van der Waals surface area (Å²) >= 11 is 12.4. The Morgan fingerprint density at radius 1 is 1.17 bits per heavy atom. The van der Waals surface area contributed by atoms with Gasteiger partial charge < -0.3 is 14.2 Å². The van der Waals surface area contributed by atoms with Gasteiger partial charge in [-0.25, -0.2) is 4.79 Å². The zero-order chi connectivity index (χ0) is 21.7. The van der Waals surface area contributed by atoms with Crippen LogP contribution in [-0.2, 0) is 9.53 Å². The summed E-state index contributed by atoms with van der Waals surface area (Å²) in [7, 11) is 3.05. The van der Waals surface area contributed by atoms with Gasteiger partial charge in [-0.05, 0) is 48.0 Å². The third-order valence-corrected chi connectivity index (χ3v) is 5.79. The molecule has 3 rings (SSSR count). The SMILES string of the molecule is COCCN1C(=O)C(=Cc2ccc(OC(=O)c3ccc(Cl)cc3)c(OC)c2)SC1=S. The lowest BCUT2D eigenvalue weighted by atomic mass is 10.1. The van der Waals surface area contributed by atoms with Gasteiger partial charge in [-0.2, -0.15) is 0 Å². The summed E-state index contributed by atoms with van der Waals surface area (Å²) in [4.78, 5) is 26.9. The Hall–Kier alpha value is -2.39. The van der Waals surface area contributed by atoms with Crippen LogP contribution in [0.5, 0.6) is 11.5 Å². The van der Waals surface area contributed by atoms with Crippen molar-refractivity contribution in [1.29, 1.82) is 0 Å². The van der Waals surface area contributed by atoms with E-state index in [0.717, 1.165) is 0 Å². The number of hydrogen-bond acceptors (Lipinski definition) is 7. The van der Waals surface area contributed by atoms with E-state index in [1.807, 2.05) is 0 Å². The van der Waals surface area contributed by atoms with E-state index in [-0.39, 0.29) is 11.7 Å². The molecule has 2 aromatic carbocycles. The van der Waals surface area contributed by atoms with Crippen molar-refractivity contribution in [2.24, 2.45) is 0 Å². The lowest BCUT2D eigenvalue weighted by Crippen LogP contribution is -2.31. The van der Waals surface area contributed by atoms with Gasteiger partial charge in [-0.1, -0.05) is 41.6 Å². The summed E-state index contributed by atoms with van der Waals surface area (Å²) in [5.41, 5.74) is 1.08. The monoisotopic (exact) mass is 463 g/mol. The lowest BCUT2D eigenvalue weighted by Gasteiger charge is -2.13. The summed E-state index contributed by atoms with van der Waals surface area (Å²) < 4.78 is 16.3. The predicted molar refractivity (Wildman–Crippen MR) is 121 cm³/mol. The number of ether oxygens (including phenoxy) is 3. The van der Waals surface area contributed by atoms with E-state index in [1.54, 1.807) is 55.7 Å². The van der Waals surface area contributed by atoms with Crippen molar-refractivity contribution in [2.75, 3.05) is 27.4 Å². The van der Waals surface area contributed by atoms with Crippen LogP contribution in [0.2, 0.25) is 5.02 Å². The fourth-order valence-corrected chi connectivity index (χ4v) is 4.06. The molecule has 0 bridgehead atoms. The van der Waals surface area contributed by atoms with E-state index in [1.165, 1.54) is 23.8 Å². The molecule has 1 amide bonds. The van der Waals surface area contributed by atoms with Crippen LogP contribution < -0.4 is 9.47 Å². The molecule has 0 aliphatic carbocycles. The number of halogens is 1. The van der Waals surface area contributed by atoms with Crippen LogP contribution in [0.1, 0.15) is 15.9 Å². The molecule has 1 fully saturated rings. The number of carbonyl (C=O) groups excluding carboxylic acids is 2. The number of hydrogen-bond donors (Lipinski definition) is 0. The molecule has 0 unspecified atom stereocenters. The minimum Gasteiger partial charge on any atom is -0.493 e. The van der Waals surface area contributed by atoms with Gasteiger partial charge in [-0.3, -0.25) is 9.69 Å². The van der Waals surface area contributed by atoms with Crippen molar-refractivity contribution in [3.8, 4) is 11.5 Å². The number of carbonyl (C=O) groups is 2. The molecule has 30 heavy (non-hydrogen) atoms. The molecule has 0 N–H and O–H groups in total. The van der Waals surface area contributed by atoms with Gasteiger partial charge >= 0.3 is 5.97 Å². The van der Waals surface area contributed by atoms with Crippen LogP contribution in [-0.4, -0.2) is 48.5 Å². The number of amides is 1. The molecular weight excluding hydrogens is 446 g/mol. The number of esters is 1. The largest absolute Gasteiger partial charge is 0.493 e. The van der Waals surface area contributed by atoms with E-state index in [4.69, 9.17) is 38.0 Å². The molecule has 0 radical (unpaired) electrons. The summed E-state index contributed by atoms with van der Waals surface area (Å²) in [5, 5.41) is 0.529. The molecule has 2 aromatic rings. The Bertz CT molecular complexity index is 1010. The van der Waals surface area contributed by atoms with Gasteiger partial charge in [0.15, 0.2) is 11.5 Å². The van der Waals surface area contributed by atoms with Crippen LogP contribution in [0.25, 0.3) is 6.08 Å². The third kappa shape index (κ3) is 5.20. The van der Waals surface area contributed by atoms with E-state index >= 15 is 0 Å². The summed E-state index contributed by atoms with van der Waals surface area (Å²) in [5.74, 6) is -0.0702. The number of rotatable bonds is 7. The van der Waals surface area contributed by atoms with Crippen LogP contribution >= 0.6 is 35.6 Å². The molecule has 156 valence electrons. The van der Waals surface area contributed by atoms with Crippen molar-refractivity contribution in [1.82, 2.24) is 4.90 Å². The average Bonchev–Trinajstić information content (AvgIpc) is 3.00. The van der Waals surface area contributed by atoms with Gasteiger partial charge in [0, 0.05) is 12.1 Å². The first-order chi connectivity index (χ1) is 14.4. The van der Waals surface area contributed by atoms with E-state index in [9.17, 15) is 9.59 Å². The van der Waals surface area contributed by atoms with Crippen LogP contribution in [0, 0.1) is 0 Å². The highest BCUT2D eigenvalue weighted by Crippen LogP contribution is 2.35. The van der Waals surface area contributed by atoms with Crippen molar-refractivity contribution in [2.45, 2.75) is 0 Å². The van der Waals surface area contributed by atoms with Crippen LogP contribution in [0.3, 0.4) is 0 Å². The maximum Gasteiger partial charge on any atom is 0.343 e. The van der Waals surface area contributed by atoms with Gasteiger partial charge in [0.05, 0.1) is 30.7 Å². The predicted octanol–water partition coefficient (Wildman–Crippen LogP) is 4.42. The molecule has 0 saturated carbocycles. The van der Waals surface area contributed by atoms with E-state index in [2.05, 4.69) is 0 Å². The third-order valence-electron chi connectivity index (χ3n) is 4.16. The number of nitrogens with zero attached hydrogens (tertiary/aromatic N) is 1. The van der Waals surface area contributed by atoms with Crippen LogP contribution in [0.4, 0.5) is 0 Å². The highest BCUT2D eigenvalue weighted by molar-refractivity contribution is 8.26. The average molecular weight is 464 g/mol. The zero-order valence-electron chi connectivity index (χ0n) is 16.2. The fraction of sp³-hybridized carbons (Fsp3) is 0.190. The first kappa shape index (κ1) is 22.3. The van der Waals surface area contributed by atoms with Gasteiger partial charge in [0.1, 0.15) is 4.32 Å². The Kier molecular flexibility index (Phi) is 7.49. The molecule has 1 heterocycles. The maximum absolute atomic E-state index is 12.6. The van der Waals surface area contributed by atoms with Gasteiger partial charge in [0.2, 0.25) is 0 Å². The zero-order valence-corrected chi connectivity index (χ0v) is 18.6. The molecule has 1 saturated heterocycles. The maximum atomic E-state index is 12.6. The smallest absolute Gasteiger partial charge is 0.343 e. The highest BCUT2D eigenvalue weighted by Gasteiger charge is 2.31. The molecule has 1 aliphatic rings. The molecule has 0 aromatic heterocycles. The Morgan fingerprint density at radius 3 is 2.57 bits per heavy atom. The van der Waals surface area contributed by atoms with Gasteiger partial charge in [0.25, 0.3) is 5.91 Å².